The monoisotopic (exact) mass is 202 g/mol. The third kappa shape index (κ3) is 1.08. The lowest BCUT2D eigenvalue weighted by molar-refractivity contribution is -0.167. The predicted molar refractivity (Wildman–Crippen MR) is 44.9 cm³/mol. The van der Waals surface area contributed by atoms with E-state index in [2.05, 4.69) is 5.32 Å². The van der Waals surface area contributed by atoms with Crippen LogP contribution in [0.3, 0.4) is 0 Å². The van der Waals surface area contributed by atoms with Crippen molar-refractivity contribution in [2.75, 3.05) is 26.2 Å². The molecule has 3 nitrogen and oxygen atoms in total. The maximum atomic E-state index is 12.5. The van der Waals surface area contributed by atoms with Gasteiger partial charge in [0.1, 0.15) is 0 Å². The molecule has 0 aromatic carbocycles. The summed E-state index contributed by atoms with van der Waals surface area (Å²) in [5.41, 5.74) is 0. The van der Waals surface area contributed by atoms with Gasteiger partial charge in [0.25, 0.3) is 5.92 Å². The number of fused-ring (bicyclic) bond motifs is 1. The third-order valence-electron chi connectivity index (χ3n) is 3.53. The third-order valence-corrected chi connectivity index (χ3v) is 3.53. The molecular formula is C9H12F2N2O. The van der Waals surface area contributed by atoms with Crippen molar-refractivity contribution >= 4 is 5.91 Å². The highest BCUT2D eigenvalue weighted by Crippen LogP contribution is 2.50. The van der Waals surface area contributed by atoms with E-state index < -0.39 is 5.92 Å². The number of hydrogen-bond donors (Lipinski definition) is 1. The number of carbonyl (C=O) groups is 1. The molecule has 0 bridgehead atoms. The molecule has 1 aliphatic carbocycles. The summed E-state index contributed by atoms with van der Waals surface area (Å²) in [6.45, 7) is 1.03. The van der Waals surface area contributed by atoms with E-state index in [0.717, 1.165) is 13.1 Å². The van der Waals surface area contributed by atoms with Crippen molar-refractivity contribution in [3.05, 3.63) is 0 Å². The lowest BCUT2D eigenvalue weighted by atomic mass is 10.1. The topological polar surface area (TPSA) is 32.3 Å². The summed E-state index contributed by atoms with van der Waals surface area (Å²) in [5, 5.41) is 3.18. The Balaban J connectivity index is 1.58. The molecule has 1 N–H and O–H groups in total. The summed E-state index contributed by atoms with van der Waals surface area (Å²) < 4.78 is 25.0. The number of amides is 1. The van der Waals surface area contributed by atoms with Crippen LogP contribution in [0.1, 0.15) is 0 Å². The van der Waals surface area contributed by atoms with Gasteiger partial charge in [-0.15, -0.1) is 0 Å². The molecule has 5 heteroatoms. The Hall–Kier alpha value is -0.710. The lowest BCUT2D eigenvalue weighted by Crippen LogP contribution is -2.59. The van der Waals surface area contributed by atoms with Crippen molar-refractivity contribution < 1.29 is 13.6 Å². The van der Waals surface area contributed by atoms with Gasteiger partial charge in [0.15, 0.2) is 0 Å². The largest absolute Gasteiger partial charge is 0.330 e. The molecule has 3 rings (SSSR count). The first-order chi connectivity index (χ1) is 6.58. The van der Waals surface area contributed by atoms with Crippen LogP contribution >= 0.6 is 0 Å². The van der Waals surface area contributed by atoms with E-state index in [-0.39, 0.29) is 24.9 Å². The van der Waals surface area contributed by atoms with Crippen LogP contribution in [-0.4, -0.2) is 42.9 Å². The molecule has 0 unspecified atom stereocenters. The number of alkyl halides is 2. The normalized spacial score (nSPS) is 43.0. The molecule has 3 atom stereocenters. The second-order valence-corrected chi connectivity index (χ2v) is 4.56. The van der Waals surface area contributed by atoms with E-state index in [1.165, 1.54) is 4.90 Å². The maximum absolute atomic E-state index is 12.5. The Morgan fingerprint density at radius 1 is 1.29 bits per heavy atom. The van der Waals surface area contributed by atoms with E-state index >= 15 is 0 Å². The van der Waals surface area contributed by atoms with Crippen LogP contribution in [0.2, 0.25) is 0 Å². The van der Waals surface area contributed by atoms with Crippen LogP contribution < -0.4 is 5.32 Å². The van der Waals surface area contributed by atoms with Gasteiger partial charge in [-0.25, -0.2) is 8.78 Å². The summed E-state index contributed by atoms with van der Waals surface area (Å²) in [7, 11) is 0. The van der Waals surface area contributed by atoms with Crippen molar-refractivity contribution in [2.45, 2.75) is 5.92 Å². The zero-order valence-electron chi connectivity index (χ0n) is 7.67. The average Bonchev–Trinajstić information content (AvgIpc) is 2.54. The molecule has 0 radical (unpaired) electrons. The van der Waals surface area contributed by atoms with E-state index in [4.69, 9.17) is 0 Å². The molecule has 2 saturated heterocycles. The molecule has 3 fully saturated rings. The SMILES string of the molecule is O=C([C@H]1[C@@H]2CNC[C@@H]21)N1CC(F)(F)C1. The highest BCUT2D eigenvalue weighted by molar-refractivity contribution is 5.83. The molecule has 2 heterocycles. The molecule has 1 saturated carbocycles. The van der Waals surface area contributed by atoms with Gasteiger partial charge in [0, 0.05) is 5.92 Å². The second-order valence-electron chi connectivity index (χ2n) is 4.56. The van der Waals surface area contributed by atoms with Gasteiger partial charge in [-0.3, -0.25) is 4.79 Å². The average molecular weight is 202 g/mol. The van der Waals surface area contributed by atoms with Crippen molar-refractivity contribution in [3.63, 3.8) is 0 Å². The standard InChI is InChI=1S/C9H12F2N2O/c10-9(11)3-13(4-9)8(14)7-5-1-12-2-6(5)7/h5-7,12H,1-4H2/t5-,6+,7+. The van der Waals surface area contributed by atoms with Crippen LogP contribution in [0, 0.1) is 17.8 Å². The van der Waals surface area contributed by atoms with Crippen molar-refractivity contribution in [3.8, 4) is 0 Å². The first-order valence-electron chi connectivity index (χ1n) is 4.96. The van der Waals surface area contributed by atoms with Crippen LogP contribution in [-0.2, 0) is 4.79 Å². The second kappa shape index (κ2) is 2.45. The van der Waals surface area contributed by atoms with E-state index in [1.807, 2.05) is 0 Å². The highest BCUT2D eigenvalue weighted by Gasteiger charge is 2.60. The van der Waals surface area contributed by atoms with Crippen LogP contribution in [0.5, 0.6) is 0 Å². The molecule has 1 amide bonds. The van der Waals surface area contributed by atoms with Gasteiger partial charge in [-0.2, -0.15) is 0 Å². The number of nitrogens with one attached hydrogen (secondary N) is 1. The van der Waals surface area contributed by atoms with E-state index in [0.29, 0.717) is 11.8 Å². The summed E-state index contributed by atoms with van der Waals surface area (Å²) in [5.74, 6) is -1.77. The Bertz CT molecular complexity index is 277. The lowest BCUT2D eigenvalue weighted by Gasteiger charge is -2.39. The number of hydrogen-bond acceptors (Lipinski definition) is 2. The zero-order chi connectivity index (χ0) is 9.92. The fourth-order valence-corrected chi connectivity index (χ4v) is 2.66. The number of piperidine rings is 1. The minimum absolute atomic E-state index is 0.0485. The Kier molecular flexibility index (Phi) is 1.50. The van der Waals surface area contributed by atoms with Crippen LogP contribution in [0.4, 0.5) is 8.78 Å². The van der Waals surface area contributed by atoms with Gasteiger partial charge in [0.2, 0.25) is 5.91 Å². The highest BCUT2D eigenvalue weighted by atomic mass is 19.3. The first kappa shape index (κ1) is 8.59. The minimum Gasteiger partial charge on any atom is -0.330 e. The van der Waals surface area contributed by atoms with Crippen LogP contribution in [0.25, 0.3) is 0 Å². The molecule has 3 aliphatic rings. The number of rotatable bonds is 1. The van der Waals surface area contributed by atoms with Crippen molar-refractivity contribution in [2.24, 2.45) is 17.8 Å². The molecule has 0 spiro atoms. The Morgan fingerprint density at radius 2 is 1.86 bits per heavy atom. The predicted octanol–water partition coefficient (Wildman–Crippen LogP) is -0.0707. The van der Waals surface area contributed by atoms with Crippen LogP contribution in [0.15, 0.2) is 0 Å². The Morgan fingerprint density at radius 3 is 2.36 bits per heavy atom. The molecule has 14 heavy (non-hydrogen) atoms. The number of nitrogens with zero attached hydrogens (tertiary/aromatic N) is 1. The van der Waals surface area contributed by atoms with E-state index in [9.17, 15) is 13.6 Å². The summed E-state index contributed by atoms with van der Waals surface area (Å²) in [6, 6.07) is 0. The van der Waals surface area contributed by atoms with Gasteiger partial charge >= 0.3 is 0 Å². The quantitative estimate of drug-likeness (QED) is 0.645. The smallest absolute Gasteiger partial charge is 0.282 e. The first-order valence-corrected chi connectivity index (χ1v) is 4.96. The summed E-state index contributed by atoms with van der Waals surface area (Å²) >= 11 is 0. The maximum Gasteiger partial charge on any atom is 0.282 e. The number of likely N-dealkylation sites (tertiary alicyclic amines) is 1. The fourth-order valence-electron chi connectivity index (χ4n) is 2.66. The molecular weight excluding hydrogens is 190 g/mol. The van der Waals surface area contributed by atoms with Gasteiger partial charge in [-0.1, -0.05) is 0 Å². The Labute approximate surface area is 80.4 Å². The number of halogens is 2. The molecule has 2 aliphatic heterocycles. The van der Waals surface area contributed by atoms with Gasteiger partial charge < -0.3 is 10.2 Å². The molecule has 0 aromatic heterocycles. The number of carbonyl (C=O) groups excluding carboxylic acids is 1. The van der Waals surface area contributed by atoms with E-state index in [1.54, 1.807) is 0 Å². The zero-order valence-corrected chi connectivity index (χ0v) is 7.67. The molecule has 0 aromatic rings. The van der Waals surface area contributed by atoms with Crippen molar-refractivity contribution in [1.29, 1.82) is 0 Å². The fraction of sp³-hybridized carbons (Fsp3) is 0.889. The van der Waals surface area contributed by atoms with Crippen molar-refractivity contribution in [1.82, 2.24) is 10.2 Å². The van der Waals surface area contributed by atoms with Gasteiger partial charge in [-0.05, 0) is 24.9 Å². The van der Waals surface area contributed by atoms with Gasteiger partial charge in [0.05, 0.1) is 13.1 Å². The minimum atomic E-state index is -2.63. The summed E-state index contributed by atoms with van der Waals surface area (Å²) in [4.78, 5) is 12.9. The molecule has 78 valence electrons. The summed E-state index contributed by atoms with van der Waals surface area (Å²) in [6.07, 6.45) is 0.